The van der Waals surface area contributed by atoms with E-state index in [1.165, 1.54) is 11.3 Å². The molecule has 30 heavy (non-hydrogen) atoms. The van der Waals surface area contributed by atoms with E-state index in [1.807, 2.05) is 29.6 Å². The predicted molar refractivity (Wildman–Crippen MR) is 120 cm³/mol. The van der Waals surface area contributed by atoms with Crippen molar-refractivity contribution in [3.8, 4) is 11.4 Å². The molecule has 3 aromatic rings. The number of carbonyl (C=O) groups is 2. The van der Waals surface area contributed by atoms with Crippen molar-refractivity contribution in [3.63, 3.8) is 0 Å². The number of rotatable bonds is 6. The minimum atomic E-state index is -0.394. The standard InChI is InChI=1S/C23H24N4O2S/c1-3-15-8-7-9-16(4-2)21(15)27-13-17(12-20(27)28)22(29)26-23-25-19(14-30-23)18-10-5-6-11-24-18/h5-11,14,17H,3-4,12-13H2,1-2H3,(H,25,26,29). The van der Waals surface area contributed by atoms with Crippen molar-refractivity contribution in [2.45, 2.75) is 33.1 Å². The normalized spacial score (nSPS) is 16.1. The molecule has 0 spiro atoms. The van der Waals surface area contributed by atoms with Crippen LogP contribution in [0.15, 0.2) is 48.0 Å². The van der Waals surface area contributed by atoms with Crippen LogP contribution in [0.2, 0.25) is 0 Å². The van der Waals surface area contributed by atoms with Crippen molar-refractivity contribution in [1.29, 1.82) is 0 Å². The summed E-state index contributed by atoms with van der Waals surface area (Å²) in [6, 6.07) is 11.8. The first-order valence-corrected chi connectivity index (χ1v) is 11.1. The smallest absolute Gasteiger partial charge is 0.231 e. The molecule has 0 radical (unpaired) electrons. The Bertz CT molecular complexity index is 1040. The number of nitrogens with zero attached hydrogens (tertiary/aromatic N) is 3. The fourth-order valence-electron chi connectivity index (χ4n) is 3.83. The first-order chi connectivity index (χ1) is 14.6. The van der Waals surface area contributed by atoms with Crippen molar-refractivity contribution in [2.24, 2.45) is 5.92 Å². The Kier molecular flexibility index (Phi) is 5.90. The molecule has 6 nitrogen and oxygen atoms in total. The number of nitrogens with one attached hydrogen (secondary N) is 1. The summed E-state index contributed by atoms with van der Waals surface area (Å²) in [7, 11) is 0. The van der Waals surface area contributed by atoms with Gasteiger partial charge in [0.1, 0.15) is 5.69 Å². The second-order valence-corrected chi connectivity index (χ2v) is 8.14. The lowest BCUT2D eigenvalue weighted by atomic mass is 10.0. The highest BCUT2D eigenvalue weighted by Gasteiger charge is 2.36. The fourth-order valence-corrected chi connectivity index (χ4v) is 4.54. The van der Waals surface area contributed by atoms with Gasteiger partial charge in [-0.2, -0.15) is 0 Å². The van der Waals surface area contributed by atoms with Gasteiger partial charge in [-0.1, -0.05) is 38.1 Å². The van der Waals surface area contributed by atoms with Crippen LogP contribution in [0.3, 0.4) is 0 Å². The monoisotopic (exact) mass is 420 g/mol. The average molecular weight is 421 g/mol. The molecule has 3 heterocycles. The van der Waals surface area contributed by atoms with Crippen LogP contribution >= 0.6 is 11.3 Å². The number of hydrogen-bond acceptors (Lipinski definition) is 5. The maximum Gasteiger partial charge on any atom is 0.231 e. The summed E-state index contributed by atoms with van der Waals surface area (Å²) < 4.78 is 0. The molecule has 1 N–H and O–H groups in total. The lowest BCUT2D eigenvalue weighted by Crippen LogP contribution is -2.29. The topological polar surface area (TPSA) is 75.2 Å². The van der Waals surface area contributed by atoms with Crippen LogP contribution in [0, 0.1) is 5.92 Å². The van der Waals surface area contributed by atoms with Gasteiger partial charge in [0.15, 0.2) is 5.13 Å². The summed E-state index contributed by atoms with van der Waals surface area (Å²) in [6.45, 7) is 4.57. The molecule has 7 heteroatoms. The first-order valence-electron chi connectivity index (χ1n) is 10.2. The molecule has 1 fully saturated rings. The highest BCUT2D eigenvalue weighted by molar-refractivity contribution is 7.14. The SMILES string of the molecule is CCc1cccc(CC)c1N1CC(C(=O)Nc2nc(-c3ccccn3)cs2)CC1=O. The van der Waals surface area contributed by atoms with Crippen molar-refractivity contribution in [1.82, 2.24) is 9.97 Å². The molecule has 4 rings (SSSR count). The Morgan fingerprint density at radius 1 is 1.13 bits per heavy atom. The number of carbonyl (C=O) groups excluding carboxylic acids is 2. The lowest BCUT2D eigenvalue weighted by Gasteiger charge is -2.23. The van der Waals surface area contributed by atoms with Gasteiger partial charge in [-0.3, -0.25) is 14.6 Å². The quantitative estimate of drug-likeness (QED) is 0.644. The van der Waals surface area contributed by atoms with E-state index in [-0.39, 0.29) is 18.2 Å². The highest BCUT2D eigenvalue weighted by atomic mass is 32.1. The van der Waals surface area contributed by atoms with Crippen molar-refractivity contribution in [3.05, 3.63) is 59.1 Å². The Labute approximate surface area is 180 Å². The van der Waals surface area contributed by atoms with Gasteiger partial charge in [-0.05, 0) is 36.1 Å². The molecule has 0 bridgehead atoms. The molecule has 1 saturated heterocycles. The zero-order chi connectivity index (χ0) is 21.1. The third-order valence-corrected chi connectivity index (χ3v) is 6.15. The second-order valence-electron chi connectivity index (χ2n) is 7.28. The fraction of sp³-hybridized carbons (Fsp3) is 0.304. The van der Waals surface area contributed by atoms with Crippen LogP contribution in [0.5, 0.6) is 0 Å². The van der Waals surface area contributed by atoms with E-state index in [9.17, 15) is 9.59 Å². The number of aryl methyl sites for hydroxylation is 2. The largest absolute Gasteiger partial charge is 0.311 e. The van der Waals surface area contributed by atoms with Gasteiger partial charge in [0.2, 0.25) is 11.8 Å². The van der Waals surface area contributed by atoms with Crippen molar-refractivity contribution in [2.75, 3.05) is 16.8 Å². The van der Waals surface area contributed by atoms with Gasteiger partial charge >= 0.3 is 0 Å². The Hall–Kier alpha value is -3.06. The summed E-state index contributed by atoms with van der Waals surface area (Å²) in [5.74, 6) is -0.562. The molecular weight excluding hydrogens is 396 g/mol. The van der Waals surface area contributed by atoms with E-state index in [4.69, 9.17) is 0 Å². The molecular formula is C23H24N4O2S. The second kappa shape index (κ2) is 8.75. The number of thiazole rings is 1. The summed E-state index contributed by atoms with van der Waals surface area (Å²) in [5, 5.41) is 5.28. The zero-order valence-corrected chi connectivity index (χ0v) is 17.9. The molecule has 1 aliphatic rings. The van der Waals surface area contributed by atoms with Crippen LogP contribution in [-0.2, 0) is 22.4 Å². The Morgan fingerprint density at radius 3 is 2.57 bits per heavy atom. The summed E-state index contributed by atoms with van der Waals surface area (Å²) >= 11 is 1.36. The lowest BCUT2D eigenvalue weighted by molar-refractivity contribution is -0.122. The molecule has 1 unspecified atom stereocenters. The first kappa shape index (κ1) is 20.2. The minimum absolute atomic E-state index is 0.000867. The maximum atomic E-state index is 12.9. The predicted octanol–water partition coefficient (Wildman–Crippen LogP) is 4.32. The molecule has 0 aliphatic carbocycles. The third-order valence-electron chi connectivity index (χ3n) is 5.39. The van der Waals surface area contributed by atoms with E-state index in [0.717, 1.165) is 41.0 Å². The van der Waals surface area contributed by atoms with Gasteiger partial charge < -0.3 is 10.2 Å². The van der Waals surface area contributed by atoms with E-state index < -0.39 is 5.92 Å². The van der Waals surface area contributed by atoms with Crippen molar-refractivity contribution >= 4 is 34.0 Å². The average Bonchev–Trinajstić information content (AvgIpc) is 3.40. The summed E-state index contributed by atoms with van der Waals surface area (Å²) in [5.41, 5.74) is 4.76. The van der Waals surface area contributed by atoms with E-state index in [1.54, 1.807) is 11.1 Å². The number of pyridine rings is 1. The molecule has 1 atom stereocenters. The van der Waals surface area contributed by atoms with Crippen LogP contribution in [0.1, 0.15) is 31.4 Å². The minimum Gasteiger partial charge on any atom is -0.311 e. The number of para-hydroxylation sites is 1. The highest BCUT2D eigenvalue weighted by Crippen LogP contribution is 2.33. The number of amides is 2. The van der Waals surface area contributed by atoms with Crippen LogP contribution < -0.4 is 10.2 Å². The molecule has 2 amide bonds. The number of aromatic nitrogens is 2. The molecule has 154 valence electrons. The summed E-state index contributed by atoms with van der Waals surface area (Å²) in [4.78, 5) is 36.2. The molecule has 2 aromatic heterocycles. The summed E-state index contributed by atoms with van der Waals surface area (Å²) in [6.07, 6.45) is 3.62. The van der Waals surface area contributed by atoms with Gasteiger partial charge in [0.25, 0.3) is 0 Å². The number of hydrogen-bond donors (Lipinski definition) is 1. The molecule has 1 aliphatic heterocycles. The Morgan fingerprint density at radius 2 is 1.90 bits per heavy atom. The van der Waals surface area contributed by atoms with Crippen LogP contribution in [0.25, 0.3) is 11.4 Å². The number of benzene rings is 1. The van der Waals surface area contributed by atoms with Crippen LogP contribution in [0.4, 0.5) is 10.8 Å². The van der Waals surface area contributed by atoms with E-state index in [0.29, 0.717) is 11.7 Å². The Balaban J connectivity index is 1.49. The van der Waals surface area contributed by atoms with Gasteiger partial charge in [0.05, 0.1) is 11.6 Å². The van der Waals surface area contributed by atoms with Gasteiger partial charge in [-0.25, -0.2) is 4.98 Å². The van der Waals surface area contributed by atoms with Crippen molar-refractivity contribution < 1.29 is 9.59 Å². The molecule has 1 aromatic carbocycles. The van der Waals surface area contributed by atoms with Crippen LogP contribution in [-0.4, -0.2) is 28.3 Å². The van der Waals surface area contributed by atoms with E-state index in [2.05, 4.69) is 41.3 Å². The maximum absolute atomic E-state index is 12.9. The van der Waals surface area contributed by atoms with E-state index >= 15 is 0 Å². The zero-order valence-electron chi connectivity index (χ0n) is 17.1. The van der Waals surface area contributed by atoms with Gasteiger partial charge in [-0.15, -0.1) is 11.3 Å². The molecule has 0 saturated carbocycles. The number of anilines is 2. The van der Waals surface area contributed by atoms with Gasteiger partial charge in [0, 0.05) is 30.2 Å². The third kappa shape index (κ3) is 3.98.